The van der Waals surface area contributed by atoms with Crippen LogP contribution < -0.4 is 30.9 Å². The standard InChI is InChI=1S/C66H42BN3O/c1-3-18-43(19-4-1)45-34-37-47(38-35-45)68-60-39-36-46(44-20-5-2-6-21-44)40-56(60)67-55-28-17-27-54-53-26-11-16-33-64(53)71-63-32-15-10-25-52(63)51-24-9-14-31-59(51)70(66(54)55)62-42-48(41-61(68)65(62)67)69-57-29-12-7-22-49(57)50-23-8-13-30-58(50)69/h1-42H. The fourth-order valence-corrected chi connectivity index (χ4v) is 11.9. The van der Waals surface area contributed by atoms with Crippen LogP contribution >= 0.6 is 0 Å². The minimum atomic E-state index is -0.132. The number of ether oxygens (including phenoxy) is 1. The smallest absolute Gasteiger partial charge is 0.252 e. The fourth-order valence-electron chi connectivity index (χ4n) is 11.9. The van der Waals surface area contributed by atoms with Crippen molar-refractivity contribution in [2.75, 3.05) is 9.80 Å². The van der Waals surface area contributed by atoms with Crippen molar-refractivity contribution >= 4 is 79.0 Å². The third-order valence-corrected chi connectivity index (χ3v) is 15.0. The monoisotopic (exact) mass is 903 g/mol. The molecule has 0 amide bonds. The van der Waals surface area contributed by atoms with Crippen molar-refractivity contribution in [3.8, 4) is 61.7 Å². The van der Waals surface area contributed by atoms with Crippen LogP contribution in [-0.2, 0) is 0 Å². The largest absolute Gasteiger partial charge is 0.456 e. The highest BCUT2D eigenvalue weighted by molar-refractivity contribution is 7.00. The zero-order valence-electron chi connectivity index (χ0n) is 38.6. The number of hydrogen-bond donors (Lipinski definition) is 0. The lowest BCUT2D eigenvalue weighted by molar-refractivity contribution is 0.486. The summed E-state index contributed by atoms with van der Waals surface area (Å²) in [6.45, 7) is -0.132. The summed E-state index contributed by atoms with van der Waals surface area (Å²) in [6, 6.07) is 93.3. The van der Waals surface area contributed by atoms with E-state index in [4.69, 9.17) is 4.74 Å². The van der Waals surface area contributed by atoms with Gasteiger partial charge in [-0.2, -0.15) is 0 Å². The Bertz CT molecular complexity index is 4050. The van der Waals surface area contributed by atoms with Crippen molar-refractivity contribution in [2.24, 2.45) is 0 Å². The molecule has 0 saturated heterocycles. The van der Waals surface area contributed by atoms with Crippen molar-refractivity contribution in [1.82, 2.24) is 4.57 Å². The van der Waals surface area contributed by atoms with Gasteiger partial charge < -0.3 is 19.1 Å². The Balaban J connectivity index is 1.11. The zero-order valence-corrected chi connectivity index (χ0v) is 38.6. The first kappa shape index (κ1) is 39.7. The van der Waals surface area contributed by atoms with Gasteiger partial charge in [0.1, 0.15) is 11.5 Å². The minimum Gasteiger partial charge on any atom is -0.456 e. The van der Waals surface area contributed by atoms with E-state index in [9.17, 15) is 0 Å². The number of rotatable bonds is 4. The Hall–Kier alpha value is -9.32. The summed E-state index contributed by atoms with van der Waals surface area (Å²) in [4.78, 5) is 5.13. The van der Waals surface area contributed by atoms with Gasteiger partial charge in [-0.3, -0.25) is 0 Å². The molecule has 0 saturated carbocycles. The Morgan fingerprint density at radius 3 is 1.52 bits per heavy atom. The second kappa shape index (κ2) is 15.6. The molecule has 12 aromatic rings. The van der Waals surface area contributed by atoms with Crippen LogP contribution in [0.5, 0.6) is 11.5 Å². The molecule has 4 nitrogen and oxygen atoms in total. The lowest BCUT2D eigenvalue weighted by Gasteiger charge is -2.45. The molecule has 3 aliphatic heterocycles. The van der Waals surface area contributed by atoms with Crippen molar-refractivity contribution in [3.63, 3.8) is 0 Å². The van der Waals surface area contributed by atoms with Crippen molar-refractivity contribution in [2.45, 2.75) is 0 Å². The average molecular weight is 904 g/mol. The van der Waals surface area contributed by atoms with Gasteiger partial charge in [0, 0.05) is 61.5 Å². The van der Waals surface area contributed by atoms with Gasteiger partial charge in [-0.15, -0.1) is 0 Å². The molecule has 0 spiro atoms. The van der Waals surface area contributed by atoms with Crippen LogP contribution in [0.1, 0.15) is 0 Å². The predicted molar refractivity (Wildman–Crippen MR) is 297 cm³/mol. The Morgan fingerprint density at radius 1 is 0.310 bits per heavy atom. The van der Waals surface area contributed by atoms with Gasteiger partial charge in [-0.1, -0.05) is 194 Å². The van der Waals surface area contributed by atoms with Crippen molar-refractivity contribution in [1.29, 1.82) is 0 Å². The van der Waals surface area contributed by atoms with E-state index in [1.54, 1.807) is 0 Å². The van der Waals surface area contributed by atoms with Crippen LogP contribution in [0.4, 0.5) is 34.1 Å². The molecule has 0 atom stereocenters. The predicted octanol–water partition coefficient (Wildman–Crippen LogP) is 15.6. The van der Waals surface area contributed by atoms with Crippen LogP contribution in [0.15, 0.2) is 255 Å². The molecule has 15 rings (SSSR count). The minimum absolute atomic E-state index is 0.132. The van der Waals surface area contributed by atoms with Crippen LogP contribution in [0.2, 0.25) is 0 Å². The van der Waals surface area contributed by atoms with Crippen LogP contribution in [0, 0.1) is 0 Å². The Kier molecular flexibility index (Phi) is 8.72. The number of nitrogens with zero attached hydrogens (tertiary/aromatic N) is 3. The first-order valence-corrected chi connectivity index (χ1v) is 24.5. The van der Waals surface area contributed by atoms with E-state index in [-0.39, 0.29) is 6.71 Å². The van der Waals surface area contributed by atoms with Crippen LogP contribution in [0.3, 0.4) is 0 Å². The molecule has 1 aromatic heterocycles. The third-order valence-electron chi connectivity index (χ3n) is 15.0. The lowest BCUT2D eigenvalue weighted by atomic mass is 9.33. The molecule has 0 bridgehead atoms. The maximum absolute atomic E-state index is 7.05. The van der Waals surface area contributed by atoms with E-state index in [1.807, 2.05) is 0 Å². The molecule has 5 heteroatoms. The highest BCUT2D eigenvalue weighted by Gasteiger charge is 2.45. The molecule has 0 aliphatic carbocycles. The molecular formula is C66H42BN3O. The number of anilines is 6. The zero-order chi connectivity index (χ0) is 46.6. The topological polar surface area (TPSA) is 20.6 Å². The number of aromatic nitrogens is 1. The van der Waals surface area contributed by atoms with E-state index >= 15 is 0 Å². The summed E-state index contributed by atoms with van der Waals surface area (Å²) in [5.74, 6) is 1.63. The van der Waals surface area contributed by atoms with Gasteiger partial charge >= 0.3 is 0 Å². The first-order valence-electron chi connectivity index (χ1n) is 24.5. The summed E-state index contributed by atoms with van der Waals surface area (Å²) in [5, 5.41) is 2.45. The SMILES string of the molecule is c1ccc(-c2ccc(N3c4ccc(-c5ccccc5)cc4B4c5cccc6c5N(c5ccccc5-c5ccccc5Oc5ccccc5-6)c5cc(-n6c7ccccc7c7ccccc76)cc3c54)cc2)cc1. The molecule has 71 heavy (non-hydrogen) atoms. The van der Waals surface area contributed by atoms with Crippen molar-refractivity contribution < 1.29 is 4.74 Å². The fraction of sp³-hybridized carbons (Fsp3) is 0. The molecule has 330 valence electrons. The molecule has 0 unspecified atom stereocenters. The first-order chi connectivity index (χ1) is 35.2. The van der Waals surface area contributed by atoms with E-state index in [1.165, 1.54) is 49.4 Å². The summed E-state index contributed by atoms with van der Waals surface area (Å²) < 4.78 is 9.53. The second-order valence-corrected chi connectivity index (χ2v) is 18.8. The number of hydrogen-bond acceptors (Lipinski definition) is 3. The van der Waals surface area contributed by atoms with Crippen LogP contribution in [-0.4, -0.2) is 11.3 Å². The molecule has 0 N–H and O–H groups in total. The molecule has 0 fully saturated rings. The molecule has 4 heterocycles. The summed E-state index contributed by atoms with van der Waals surface area (Å²) in [7, 11) is 0. The number of para-hydroxylation sites is 6. The lowest BCUT2D eigenvalue weighted by Crippen LogP contribution is -2.61. The van der Waals surface area contributed by atoms with Gasteiger partial charge in [0.05, 0.1) is 22.4 Å². The maximum Gasteiger partial charge on any atom is 0.252 e. The number of fused-ring (bicyclic) bond motifs is 13. The normalized spacial score (nSPS) is 12.8. The summed E-state index contributed by atoms with van der Waals surface area (Å²) in [5.41, 5.74) is 23.0. The van der Waals surface area contributed by atoms with E-state index < -0.39 is 0 Å². The van der Waals surface area contributed by atoms with E-state index in [0.717, 1.165) is 84.6 Å². The highest BCUT2D eigenvalue weighted by Crippen LogP contribution is 2.53. The van der Waals surface area contributed by atoms with Gasteiger partial charge in [0.25, 0.3) is 6.71 Å². The van der Waals surface area contributed by atoms with Gasteiger partial charge in [0.2, 0.25) is 0 Å². The van der Waals surface area contributed by atoms with Gasteiger partial charge in [0.15, 0.2) is 0 Å². The van der Waals surface area contributed by atoms with Crippen LogP contribution in [0.25, 0.3) is 72.0 Å². The van der Waals surface area contributed by atoms with E-state index in [2.05, 4.69) is 269 Å². The molecule has 0 radical (unpaired) electrons. The third kappa shape index (κ3) is 6.00. The maximum atomic E-state index is 7.05. The van der Waals surface area contributed by atoms with Crippen molar-refractivity contribution in [3.05, 3.63) is 255 Å². The summed E-state index contributed by atoms with van der Waals surface area (Å²) in [6.07, 6.45) is 0. The van der Waals surface area contributed by atoms with E-state index in [0.29, 0.717) is 0 Å². The highest BCUT2D eigenvalue weighted by atomic mass is 16.5. The summed E-state index contributed by atoms with van der Waals surface area (Å²) >= 11 is 0. The Morgan fingerprint density at radius 2 is 0.831 bits per heavy atom. The molecule has 3 aliphatic rings. The molecular weight excluding hydrogens is 862 g/mol. The second-order valence-electron chi connectivity index (χ2n) is 18.8. The van der Waals surface area contributed by atoms with Gasteiger partial charge in [-0.25, -0.2) is 0 Å². The number of benzene rings is 11. The molecule has 11 aromatic carbocycles. The average Bonchev–Trinajstić information content (AvgIpc) is 3.78. The Labute approximate surface area is 412 Å². The quantitative estimate of drug-likeness (QED) is 0.164. The van der Waals surface area contributed by atoms with Gasteiger partial charge in [-0.05, 0) is 99.3 Å².